The summed E-state index contributed by atoms with van der Waals surface area (Å²) in [6, 6.07) is 7.64. The van der Waals surface area contributed by atoms with Crippen LogP contribution in [0, 0.1) is 11.8 Å². The van der Waals surface area contributed by atoms with Crippen molar-refractivity contribution in [2.24, 2.45) is 17.6 Å². The Labute approximate surface area is 332 Å². The van der Waals surface area contributed by atoms with Gasteiger partial charge in [-0.3, -0.25) is 28.8 Å². The minimum absolute atomic E-state index is 0.0146. The lowest BCUT2D eigenvalue weighted by atomic mass is 9.96. The number of phenols is 1. The molecule has 0 bridgehead atoms. The molecule has 0 unspecified atom stereocenters. The molecule has 0 radical (unpaired) electrons. The number of nitrogens with one attached hydrogen (secondary N) is 5. The number of aromatic hydroxyl groups is 1. The molecule has 17 nitrogen and oxygen atoms in total. The maximum Gasteiger partial charge on any atom is 0.326 e. The van der Waals surface area contributed by atoms with Crippen LogP contribution in [0.5, 0.6) is 5.75 Å². The lowest BCUT2D eigenvalue weighted by Gasteiger charge is -2.33. The number of carbonyl (C=O) groups is 7. The molecule has 1 fully saturated rings. The van der Waals surface area contributed by atoms with Gasteiger partial charge in [-0.15, -0.1) is 0 Å². The van der Waals surface area contributed by atoms with Crippen LogP contribution in [0.1, 0.15) is 64.5 Å². The average Bonchev–Trinajstić information content (AvgIpc) is 3.71. The molecule has 8 atom stereocenters. The van der Waals surface area contributed by atoms with E-state index in [9.17, 15) is 48.9 Å². The van der Waals surface area contributed by atoms with Crippen LogP contribution in [0.4, 0.5) is 0 Å². The van der Waals surface area contributed by atoms with Crippen LogP contribution in [0.2, 0.25) is 0 Å². The number of hydrogen-bond acceptors (Lipinski definition) is 10. The number of aliphatic hydroxyl groups is 1. The maximum atomic E-state index is 14.3. The van der Waals surface area contributed by atoms with Gasteiger partial charge in [-0.25, -0.2) is 4.79 Å². The van der Waals surface area contributed by atoms with Gasteiger partial charge in [0.15, 0.2) is 0 Å². The van der Waals surface area contributed by atoms with E-state index in [0.29, 0.717) is 30.4 Å². The van der Waals surface area contributed by atoms with E-state index in [2.05, 4.69) is 26.6 Å². The highest BCUT2D eigenvalue weighted by Crippen LogP contribution is 2.22. The van der Waals surface area contributed by atoms with Crippen molar-refractivity contribution in [2.75, 3.05) is 19.7 Å². The van der Waals surface area contributed by atoms with E-state index >= 15 is 0 Å². The molecular weight excluding hydrogens is 738 g/mol. The summed E-state index contributed by atoms with van der Waals surface area (Å²) in [7, 11) is 0. The number of carboxylic acids is 1. The molecule has 3 rings (SSSR count). The third-order valence-corrected chi connectivity index (χ3v) is 10.3. The lowest BCUT2D eigenvalue weighted by Crippen LogP contribution is -2.61. The van der Waals surface area contributed by atoms with Crippen molar-refractivity contribution in [1.82, 2.24) is 31.5 Å². The number of nitrogens with zero attached hydrogens (tertiary/aromatic N) is 1. The van der Waals surface area contributed by atoms with Crippen molar-refractivity contribution >= 4 is 41.4 Å². The third-order valence-electron chi connectivity index (χ3n) is 10.3. The molecule has 2 aromatic carbocycles. The van der Waals surface area contributed by atoms with Gasteiger partial charge in [-0.05, 0) is 47.9 Å². The molecule has 1 aliphatic heterocycles. The van der Waals surface area contributed by atoms with Crippen LogP contribution >= 0.6 is 0 Å². The van der Waals surface area contributed by atoms with E-state index < -0.39 is 103 Å². The fourth-order valence-electron chi connectivity index (χ4n) is 6.48. The molecule has 57 heavy (non-hydrogen) atoms. The molecule has 10 N–H and O–H groups in total. The number of aliphatic hydroxyl groups excluding tert-OH is 1. The number of carbonyl (C=O) groups excluding carboxylic acids is 6. The molecule has 0 saturated carbocycles. The molecular formula is C40H57N7O10. The smallest absolute Gasteiger partial charge is 0.326 e. The van der Waals surface area contributed by atoms with Gasteiger partial charge in [0.2, 0.25) is 35.4 Å². The first kappa shape index (κ1) is 45.8. The van der Waals surface area contributed by atoms with Gasteiger partial charge in [0, 0.05) is 19.4 Å². The fourth-order valence-corrected chi connectivity index (χ4v) is 6.48. The minimum Gasteiger partial charge on any atom is -0.508 e. The monoisotopic (exact) mass is 795 g/mol. The number of benzene rings is 2. The van der Waals surface area contributed by atoms with Crippen LogP contribution in [0.25, 0.3) is 0 Å². The second-order valence-electron chi connectivity index (χ2n) is 14.5. The predicted octanol–water partition coefficient (Wildman–Crippen LogP) is -0.280. The van der Waals surface area contributed by atoms with E-state index in [1.54, 1.807) is 63.2 Å². The Morgan fingerprint density at radius 2 is 1.26 bits per heavy atom. The van der Waals surface area contributed by atoms with E-state index in [0.717, 1.165) is 0 Å². The van der Waals surface area contributed by atoms with Gasteiger partial charge < -0.3 is 52.5 Å². The second-order valence-corrected chi connectivity index (χ2v) is 14.5. The standard InChI is InChI=1S/C40H57N7O10/c1-5-23(3)33(39(55)47-18-10-13-31(47)38(54)44-30(22-48)37(53)46-34(40(56)57)24(4)6-2)45-36(52)29(19-25-11-8-7-9-12-25)43-35(51)28(42-32(50)21-41)20-26-14-16-27(49)17-15-26/h7-9,11-12,14-17,23-24,28-31,33-34,48-49H,5-6,10,13,18-22,41H2,1-4H3,(H,42,50)(H,43,51)(H,44,54)(H,45,52)(H,46,53)(H,56,57)/t23-,24-,28-,29-,30-,31-,33-,34-/m0/s1. The zero-order valence-corrected chi connectivity index (χ0v) is 32.9. The highest BCUT2D eigenvalue weighted by atomic mass is 16.4. The molecule has 0 aromatic heterocycles. The number of hydrogen-bond donors (Lipinski definition) is 9. The zero-order chi connectivity index (χ0) is 42.2. The number of amides is 6. The summed E-state index contributed by atoms with van der Waals surface area (Å²) in [4.78, 5) is 94.3. The van der Waals surface area contributed by atoms with Crippen LogP contribution in [0.15, 0.2) is 54.6 Å². The molecule has 1 aliphatic rings. The molecule has 0 aliphatic carbocycles. The molecule has 0 spiro atoms. The summed E-state index contributed by atoms with van der Waals surface area (Å²) in [5, 5.41) is 42.3. The molecule has 1 saturated heterocycles. The summed E-state index contributed by atoms with van der Waals surface area (Å²) in [6.45, 7) is 5.95. The van der Waals surface area contributed by atoms with E-state index in [1.807, 2.05) is 6.92 Å². The highest BCUT2D eigenvalue weighted by molar-refractivity contribution is 5.97. The summed E-state index contributed by atoms with van der Waals surface area (Å²) in [5.41, 5.74) is 6.84. The summed E-state index contributed by atoms with van der Waals surface area (Å²) in [5.74, 6) is -6.27. The number of aliphatic carboxylic acids is 1. The van der Waals surface area contributed by atoms with Gasteiger partial charge >= 0.3 is 5.97 Å². The van der Waals surface area contributed by atoms with Crippen LogP contribution in [-0.4, -0.2) is 118 Å². The summed E-state index contributed by atoms with van der Waals surface area (Å²) in [6.07, 6.45) is 1.60. The van der Waals surface area contributed by atoms with Crippen molar-refractivity contribution in [2.45, 2.75) is 102 Å². The Bertz CT molecular complexity index is 1690. The molecule has 1 heterocycles. The Morgan fingerprint density at radius 1 is 0.737 bits per heavy atom. The van der Waals surface area contributed by atoms with E-state index in [4.69, 9.17) is 5.73 Å². The molecule has 17 heteroatoms. The average molecular weight is 796 g/mol. The van der Waals surface area contributed by atoms with E-state index in [-0.39, 0.29) is 31.6 Å². The molecule has 312 valence electrons. The van der Waals surface area contributed by atoms with Crippen LogP contribution in [-0.2, 0) is 46.4 Å². The Morgan fingerprint density at radius 3 is 1.82 bits per heavy atom. The summed E-state index contributed by atoms with van der Waals surface area (Å²) >= 11 is 0. The normalized spacial score (nSPS) is 17.4. The molecule has 6 amide bonds. The zero-order valence-electron chi connectivity index (χ0n) is 32.9. The Kier molecular flexibility index (Phi) is 17.9. The third kappa shape index (κ3) is 13.3. The number of rotatable bonds is 21. The van der Waals surface area contributed by atoms with Crippen LogP contribution in [0.3, 0.4) is 0 Å². The SMILES string of the molecule is CC[C@H](C)[C@H](NC(=O)[C@H](CO)NC(=O)[C@@H]1CCCN1C(=O)[C@@H](NC(=O)[C@H](Cc1ccccc1)NC(=O)[C@H](Cc1ccc(O)cc1)NC(=O)CN)[C@@H](C)CC)C(=O)O. The number of nitrogens with two attached hydrogens (primary N) is 1. The van der Waals surface area contributed by atoms with Gasteiger partial charge in [0.05, 0.1) is 13.2 Å². The molecule has 2 aromatic rings. The van der Waals surface area contributed by atoms with Crippen molar-refractivity contribution in [3.8, 4) is 5.75 Å². The number of phenolic OH excluding ortho intramolecular Hbond substituents is 1. The lowest BCUT2D eigenvalue weighted by molar-refractivity contribution is -0.145. The van der Waals surface area contributed by atoms with Gasteiger partial charge in [-0.2, -0.15) is 0 Å². The topological polar surface area (TPSA) is 270 Å². The fraction of sp³-hybridized carbons (Fsp3) is 0.525. The first-order chi connectivity index (χ1) is 27.1. The Hall–Kier alpha value is -5.55. The first-order valence-corrected chi connectivity index (χ1v) is 19.3. The minimum atomic E-state index is -1.49. The predicted molar refractivity (Wildman–Crippen MR) is 209 cm³/mol. The van der Waals surface area contributed by atoms with Gasteiger partial charge in [0.25, 0.3) is 0 Å². The Balaban J connectivity index is 1.84. The second kappa shape index (κ2) is 22.3. The number of carboxylic acid groups (broad SMARTS) is 1. The highest BCUT2D eigenvalue weighted by Gasteiger charge is 2.41. The summed E-state index contributed by atoms with van der Waals surface area (Å²) < 4.78 is 0. The van der Waals surface area contributed by atoms with Crippen molar-refractivity contribution in [3.05, 3.63) is 65.7 Å². The largest absolute Gasteiger partial charge is 0.508 e. The van der Waals surface area contributed by atoms with Gasteiger partial charge in [0.1, 0.15) is 42.0 Å². The van der Waals surface area contributed by atoms with Crippen molar-refractivity contribution < 1.29 is 48.9 Å². The quantitative estimate of drug-likeness (QED) is 0.0793. The van der Waals surface area contributed by atoms with Crippen molar-refractivity contribution in [1.29, 1.82) is 0 Å². The van der Waals surface area contributed by atoms with Crippen molar-refractivity contribution in [3.63, 3.8) is 0 Å². The number of likely N-dealkylation sites (tertiary alicyclic amines) is 1. The maximum absolute atomic E-state index is 14.3. The first-order valence-electron chi connectivity index (χ1n) is 19.3. The van der Waals surface area contributed by atoms with E-state index in [1.165, 1.54) is 17.0 Å². The van der Waals surface area contributed by atoms with Gasteiger partial charge in [-0.1, -0.05) is 83.0 Å². The van der Waals surface area contributed by atoms with Crippen LogP contribution < -0.4 is 32.3 Å².